The Kier molecular flexibility index (Phi) is 5.75. The molecule has 1 rings (SSSR count). The van der Waals surface area contributed by atoms with E-state index in [-0.39, 0.29) is 5.97 Å². The van der Waals surface area contributed by atoms with Gasteiger partial charge in [-0.05, 0) is 32.4 Å². The molecular formula is C12H21NO2. The number of ether oxygens (including phenoxy) is 1. The van der Waals surface area contributed by atoms with Crippen LogP contribution in [0.1, 0.15) is 42.5 Å². The summed E-state index contributed by atoms with van der Waals surface area (Å²) in [4.78, 5) is 11.5. The zero-order valence-corrected chi connectivity index (χ0v) is 10.5. The van der Waals surface area contributed by atoms with Crippen LogP contribution in [0.4, 0.5) is 0 Å². The normalized spacial score (nSPS) is 9.20. The molecule has 0 aliphatic carbocycles. The number of aromatic nitrogens is 1. The third kappa shape index (κ3) is 3.11. The van der Waals surface area contributed by atoms with Crippen LogP contribution >= 0.6 is 0 Å². The summed E-state index contributed by atoms with van der Waals surface area (Å²) in [5.41, 5.74) is 2.69. The molecule has 86 valence electrons. The van der Waals surface area contributed by atoms with Gasteiger partial charge in [0, 0.05) is 12.7 Å². The zero-order valence-electron chi connectivity index (χ0n) is 10.5. The first-order chi connectivity index (χ1) is 7.07. The van der Waals surface area contributed by atoms with Gasteiger partial charge >= 0.3 is 5.97 Å². The molecule has 0 aromatic carbocycles. The van der Waals surface area contributed by atoms with Crippen LogP contribution in [0, 0.1) is 13.8 Å². The molecule has 1 aromatic heterocycles. The van der Waals surface area contributed by atoms with Crippen LogP contribution in [0.3, 0.4) is 0 Å². The lowest BCUT2D eigenvalue weighted by molar-refractivity contribution is 0.0514. The van der Waals surface area contributed by atoms with Gasteiger partial charge in [-0.3, -0.25) is 0 Å². The molecule has 0 fully saturated rings. The summed E-state index contributed by atoms with van der Waals surface area (Å²) in [7, 11) is 1.87. The van der Waals surface area contributed by atoms with Crippen molar-refractivity contribution in [1.82, 2.24) is 4.57 Å². The third-order valence-corrected chi connectivity index (χ3v) is 2.13. The molecule has 3 nitrogen and oxygen atoms in total. The predicted molar refractivity (Wildman–Crippen MR) is 62.2 cm³/mol. The van der Waals surface area contributed by atoms with Gasteiger partial charge in [-0.15, -0.1) is 0 Å². The molecule has 0 bridgehead atoms. The van der Waals surface area contributed by atoms with Crippen molar-refractivity contribution in [3.05, 3.63) is 23.0 Å². The first kappa shape index (κ1) is 13.8. The van der Waals surface area contributed by atoms with Crippen molar-refractivity contribution in [1.29, 1.82) is 0 Å². The Hall–Kier alpha value is -1.25. The molecule has 1 aromatic rings. The van der Waals surface area contributed by atoms with E-state index in [2.05, 4.69) is 0 Å². The number of carbonyl (C=O) groups excluding carboxylic acids is 1. The number of rotatable bonds is 2. The van der Waals surface area contributed by atoms with Crippen molar-refractivity contribution >= 4 is 5.97 Å². The Balaban J connectivity index is 0.000000921. The topological polar surface area (TPSA) is 31.2 Å². The lowest BCUT2D eigenvalue weighted by atomic mass is 10.2. The van der Waals surface area contributed by atoms with Crippen molar-refractivity contribution in [3.63, 3.8) is 0 Å². The van der Waals surface area contributed by atoms with E-state index in [9.17, 15) is 4.79 Å². The number of nitrogens with zero attached hydrogens (tertiary/aromatic N) is 1. The van der Waals surface area contributed by atoms with E-state index in [4.69, 9.17) is 4.74 Å². The van der Waals surface area contributed by atoms with Crippen LogP contribution in [0.25, 0.3) is 0 Å². The van der Waals surface area contributed by atoms with E-state index in [1.54, 1.807) is 0 Å². The molecule has 0 amide bonds. The highest BCUT2D eigenvalue weighted by Gasteiger charge is 2.15. The highest BCUT2D eigenvalue weighted by atomic mass is 16.5. The maximum absolute atomic E-state index is 11.5. The van der Waals surface area contributed by atoms with Crippen LogP contribution in [-0.4, -0.2) is 17.1 Å². The molecule has 1 heterocycles. The molecule has 3 heteroatoms. The van der Waals surface area contributed by atoms with Crippen LogP contribution in [-0.2, 0) is 11.8 Å². The van der Waals surface area contributed by atoms with E-state index in [1.807, 2.05) is 52.3 Å². The molecule has 0 aliphatic heterocycles. The minimum atomic E-state index is -0.240. The number of hydrogen-bond donors (Lipinski definition) is 0. The molecule has 0 saturated carbocycles. The largest absolute Gasteiger partial charge is 0.461 e. The molecule has 0 unspecified atom stereocenters. The molecule has 0 radical (unpaired) electrons. The molecule has 0 atom stereocenters. The standard InChI is InChI=1S/C10H15NO2.C2H6/c1-5-13-10(12)9-7(2)6-8(3)11(9)4;1-2/h6H,5H2,1-4H3;1-2H3. The van der Waals surface area contributed by atoms with E-state index in [1.165, 1.54) is 0 Å². The van der Waals surface area contributed by atoms with Gasteiger partial charge in [0.15, 0.2) is 0 Å². The first-order valence-corrected chi connectivity index (χ1v) is 5.38. The van der Waals surface area contributed by atoms with Gasteiger partial charge in [-0.2, -0.15) is 0 Å². The second kappa shape index (κ2) is 6.27. The summed E-state index contributed by atoms with van der Waals surface area (Å²) in [6.07, 6.45) is 0. The van der Waals surface area contributed by atoms with E-state index < -0.39 is 0 Å². The Morgan fingerprint density at radius 2 is 1.93 bits per heavy atom. The summed E-state index contributed by atoms with van der Waals surface area (Å²) < 4.78 is 6.80. The van der Waals surface area contributed by atoms with Crippen LogP contribution in [0.5, 0.6) is 0 Å². The Bertz CT molecular complexity index is 327. The SMILES string of the molecule is CC.CCOC(=O)c1c(C)cc(C)n1C. The Morgan fingerprint density at radius 3 is 2.27 bits per heavy atom. The molecule has 15 heavy (non-hydrogen) atoms. The minimum Gasteiger partial charge on any atom is -0.461 e. The highest BCUT2D eigenvalue weighted by Crippen LogP contribution is 2.13. The van der Waals surface area contributed by atoms with E-state index >= 15 is 0 Å². The Labute approximate surface area is 92.1 Å². The second-order valence-electron chi connectivity index (χ2n) is 3.10. The fourth-order valence-corrected chi connectivity index (χ4v) is 1.42. The summed E-state index contributed by atoms with van der Waals surface area (Å²) in [6.45, 7) is 10.1. The van der Waals surface area contributed by atoms with E-state index in [0.717, 1.165) is 11.3 Å². The van der Waals surface area contributed by atoms with E-state index in [0.29, 0.717) is 12.3 Å². The average Bonchev–Trinajstić information content (AvgIpc) is 2.45. The van der Waals surface area contributed by atoms with Gasteiger partial charge in [-0.25, -0.2) is 4.79 Å². The number of hydrogen-bond acceptors (Lipinski definition) is 2. The minimum absolute atomic E-state index is 0.240. The lowest BCUT2D eigenvalue weighted by Gasteiger charge is -2.05. The molecular weight excluding hydrogens is 190 g/mol. The van der Waals surface area contributed by atoms with Crippen molar-refractivity contribution < 1.29 is 9.53 Å². The molecule has 0 saturated heterocycles. The van der Waals surface area contributed by atoms with Crippen molar-refractivity contribution in [2.24, 2.45) is 7.05 Å². The van der Waals surface area contributed by atoms with Crippen molar-refractivity contribution in [2.75, 3.05) is 6.61 Å². The van der Waals surface area contributed by atoms with Crippen LogP contribution < -0.4 is 0 Å². The van der Waals surface area contributed by atoms with Crippen LogP contribution in [0.2, 0.25) is 0 Å². The summed E-state index contributed by atoms with van der Waals surface area (Å²) in [6, 6.07) is 1.98. The summed E-state index contributed by atoms with van der Waals surface area (Å²) >= 11 is 0. The maximum atomic E-state index is 11.5. The van der Waals surface area contributed by atoms with Crippen LogP contribution in [0.15, 0.2) is 6.07 Å². The van der Waals surface area contributed by atoms with Gasteiger partial charge in [0.25, 0.3) is 0 Å². The third-order valence-electron chi connectivity index (χ3n) is 2.13. The second-order valence-corrected chi connectivity index (χ2v) is 3.10. The summed E-state index contributed by atoms with van der Waals surface area (Å²) in [5, 5.41) is 0. The molecule has 0 N–H and O–H groups in total. The average molecular weight is 211 g/mol. The number of aryl methyl sites for hydroxylation is 2. The van der Waals surface area contributed by atoms with Gasteiger partial charge in [-0.1, -0.05) is 13.8 Å². The molecule has 0 spiro atoms. The fourth-order valence-electron chi connectivity index (χ4n) is 1.42. The van der Waals surface area contributed by atoms with Gasteiger partial charge in [0.05, 0.1) is 6.61 Å². The Morgan fingerprint density at radius 1 is 1.40 bits per heavy atom. The number of esters is 1. The first-order valence-electron chi connectivity index (χ1n) is 5.38. The van der Waals surface area contributed by atoms with Crippen molar-refractivity contribution in [3.8, 4) is 0 Å². The van der Waals surface area contributed by atoms with Crippen molar-refractivity contribution in [2.45, 2.75) is 34.6 Å². The maximum Gasteiger partial charge on any atom is 0.355 e. The fraction of sp³-hybridized carbons (Fsp3) is 0.583. The van der Waals surface area contributed by atoms with Gasteiger partial charge in [0.1, 0.15) is 5.69 Å². The number of carbonyl (C=O) groups is 1. The monoisotopic (exact) mass is 211 g/mol. The molecule has 0 aliphatic rings. The highest BCUT2D eigenvalue weighted by molar-refractivity contribution is 5.89. The zero-order chi connectivity index (χ0) is 12.0. The summed E-state index contributed by atoms with van der Waals surface area (Å²) in [5.74, 6) is -0.240. The quantitative estimate of drug-likeness (QED) is 0.704. The van der Waals surface area contributed by atoms with Gasteiger partial charge in [0.2, 0.25) is 0 Å². The van der Waals surface area contributed by atoms with Gasteiger partial charge < -0.3 is 9.30 Å². The predicted octanol–water partition coefficient (Wildman–Crippen LogP) is 2.84. The smallest absolute Gasteiger partial charge is 0.355 e. The lowest BCUT2D eigenvalue weighted by Crippen LogP contribution is -2.11.